The van der Waals surface area contributed by atoms with E-state index in [4.69, 9.17) is 5.73 Å². The highest BCUT2D eigenvalue weighted by atomic mass is 32.2. The Morgan fingerprint density at radius 3 is 2.34 bits per heavy atom. The first-order valence-electron chi connectivity index (χ1n) is 11.9. The second-order valence-corrected chi connectivity index (χ2v) is 11.0. The van der Waals surface area contributed by atoms with Crippen molar-refractivity contribution in [2.24, 2.45) is 5.73 Å². The lowest BCUT2D eigenvalue weighted by atomic mass is 10.0. The van der Waals surface area contributed by atoms with Crippen molar-refractivity contribution in [3.8, 4) is 0 Å². The van der Waals surface area contributed by atoms with E-state index >= 15 is 0 Å². The summed E-state index contributed by atoms with van der Waals surface area (Å²) >= 11 is 0. The Labute approximate surface area is 221 Å². The number of rotatable bonds is 10. The lowest BCUT2D eigenvalue weighted by Crippen LogP contribution is -2.59. The maximum absolute atomic E-state index is 14.4. The summed E-state index contributed by atoms with van der Waals surface area (Å²) in [4.78, 5) is 30.9. The van der Waals surface area contributed by atoms with Gasteiger partial charge in [0.15, 0.2) is 9.84 Å². The molecule has 38 heavy (non-hydrogen) atoms. The van der Waals surface area contributed by atoms with Crippen LogP contribution in [0.3, 0.4) is 0 Å². The van der Waals surface area contributed by atoms with E-state index in [0.29, 0.717) is 16.8 Å². The van der Waals surface area contributed by atoms with Crippen LogP contribution in [-0.2, 0) is 19.4 Å². The molecule has 0 saturated heterocycles. The molecule has 2 atom stereocenters. The molecule has 2 amide bonds. The molecule has 0 aliphatic heterocycles. The van der Waals surface area contributed by atoms with Gasteiger partial charge >= 0.3 is 0 Å². The van der Waals surface area contributed by atoms with Gasteiger partial charge in [0.1, 0.15) is 5.25 Å². The number of pyridine rings is 1. The number of primary amides is 1. The van der Waals surface area contributed by atoms with Crippen LogP contribution in [0.25, 0.3) is 16.8 Å². The summed E-state index contributed by atoms with van der Waals surface area (Å²) in [7, 11) is -4.64. The van der Waals surface area contributed by atoms with E-state index in [0.717, 1.165) is 10.8 Å². The summed E-state index contributed by atoms with van der Waals surface area (Å²) in [6.45, 7) is 3.74. The van der Waals surface area contributed by atoms with Crippen LogP contribution in [0.4, 0.5) is 5.69 Å². The maximum Gasteiger partial charge on any atom is 0.255 e. The van der Waals surface area contributed by atoms with Crippen LogP contribution in [0.1, 0.15) is 22.8 Å². The number of nitrogens with one attached hydrogen (secondary N) is 1. The van der Waals surface area contributed by atoms with E-state index in [1.807, 2.05) is 24.3 Å². The molecule has 0 spiro atoms. The number of nitrogens with zero attached hydrogens (tertiary/aromatic N) is 1. The van der Waals surface area contributed by atoms with E-state index in [9.17, 15) is 18.0 Å². The van der Waals surface area contributed by atoms with Gasteiger partial charge in [-0.2, -0.15) is 0 Å². The molecule has 0 bridgehead atoms. The standard InChI is InChI=1S/C30H27N3O4S/c1-2-27(25-17-16-23-12-6-7-13-24(23)20-25)38(36,37)30(28(31)34,18-8-10-22-11-9-19-32-21-22)29(35)33-26-14-4-3-5-15-26/h2-17,19-21,27H,1,18H2,(H2,31,34)(H,33,35)/b10-8+. The Balaban J connectivity index is 1.84. The van der Waals surface area contributed by atoms with Gasteiger partial charge in [-0.15, -0.1) is 6.58 Å². The van der Waals surface area contributed by atoms with Gasteiger partial charge in [-0.05, 0) is 46.2 Å². The molecule has 1 aromatic heterocycles. The molecule has 1 heterocycles. The molecule has 3 N–H and O–H groups in total. The molecule has 0 aliphatic carbocycles. The Morgan fingerprint density at radius 1 is 0.974 bits per heavy atom. The number of sulfone groups is 1. The minimum Gasteiger partial charge on any atom is -0.368 e. The quantitative estimate of drug-likeness (QED) is 0.227. The Morgan fingerprint density at radius 2 is 1.68 bits per heavy atom. The molecular weight excluding hydrogens is 498 g/mol. The molecule has 7 nitrogen and oxygen atoms in total. The minimum absolute atomic E-state index is 0.329. The molecule has 3 aromatic carbocycles. The first-order valence-corrected chi connectivity index (χ1v) is 13.4. The van der Waals surface area contributed by atoms with E-state index in [1.165, 1.54) is 12.2 Å². The van der Waals surface area contributed by atoms with E-state index in [1.54, 1.807) is 79.1 Å². The van der Waals surface area contributed by atoms with Gasteiger partial charge in [0.05, 0.1) is 0 Å². The highest BCUT2D eigenvalue weighted by Gasteiger charge is 2.57. The fourth-order valence-corrected chi connectivity index (χ4v) is 6.43. The fourth-order valence-electron chi connectivity index (χ4n) is 4.32. The summed E-state index contributed by atoms with van der Waals surface area (Å²) in [5.41, 5.74) is 7.16. The van der Waals surface area contributed by atoms with Crippen LogP contribution in [-0.4, -0.2) is 30.0 Å². The Kier molecular flexibility index (Phi) is 7.83. The number of nitrogens with two attached hydrogens (primary N) is 1. The number of hydrogen-bond donors (Lipinski definition) is 2. The van der Waals surface area contributed by atoms with Gasteiger partial charge in [-0.25, -0.2) is 8.42 Å². The summed E-state index contributed by atoms with van der Waals surface area (Å²) in [5, 5.41) is 2.92. The molecular formula is C30H27N3O4S. The zero-order valence-corrected chi connectivity index (χ0v) is 21.3. The molecule has 0 fully saturated rings. The summed E-state index contributed by atoms with van der Waals surface area (Å²) in [5.74, 6) is -2.32. The molecule has 192 valence electrons. The fraction of sp³-hybridized carbons (Fsp3) is 0.100. The third-order valence-electron chi connectivity index (χ3n) is 6.33. The number of amides is 2. The monoisotopic (exact) mass is 525 g/mol. The molecule has 0 radical (unpaired) electrons. The van der Waals surface area contributed by atoms with Crippen molar-refractivity contribution in [1.82, 2.24) is 4.98 Å². The van der Waals surface area contributed by atoms with Crippen LogP contribution < -0.4 is 11.1 Å². The SMILES string of the molecule is C=CC(c1ccc2ccccc2c1)S(=O)(=O)C(C/C=C/c1cccnc1)(C(N)=O)C(=O)Nc1ccccc1. The van der Waals surface area contributed by atoms with Crippen molar-refractivity contribution in [3.05, 3.63) is 127 Å². The number of aromatic nitrogens is 1. The Bertz CT molecular complexity index is 1600. The van der Waals surface area contributed by atoms with Crippen molar-refractivity contribution in [2.75, 3.05) is 5.32 Å². The first-order chi connectivity index (χ1) is 18.3. The smallest absolute Gasteiger partial charge is 0.255 e. The average Bonchev–Trinajstić information content (AvgIpc) is 2.92. The maximum atomic E-state index is 14.4. The average molecular weight is 526 g/mol. The highest BCUT2D eigenvalue weighted by molar-refractivity contribution is 7.94. The second kappa shape index (κ2) is 11.2. The van der Waals surface area contributed by atoms with Gasteiger partial charge in [0.2, 0.25) is 10.7 Å². The van der Waals surface area contributed by atoms with Gasteiger partial charge in [-0.1, -0.05) is 78.9 Å². The van der Waals surface area contributed by atoms with Crippen molar-refractivity contribution in [3.63, 3.8) is 0 Å². The number of fused-ring (bicyclic) bond motifs is 1. The Hall–Kier alpha value is -4.56. The van der Waals surface area contributed by atoms with Crippen LogP contribution in [0.5, 0.6) is 0 Å². The lowest BCUT2D eigenvalue weighted by Gasteiger charge is -2.31. The van der Waals surface area contributed by atoms with Crippen LogP contribution in [0.15, 0.2) is 116 Å². The van der Waals surface area contributed by atoms with Crippen LogP contribution >= 0.6 is 0 Å². The second-order valence-electron chi connectivity index (χ2n) is 8.71. The third kappa shape index (κ3) is 5.12. The lowest BCUT2D eigenvalue weighted by molar-refractivity contribution is -0.128. The molecule has 8 heteroatoms. The van der Waals surface area contributed by atoms with Crippen molar-refractivity contribution in [2.45, 2.75) is 16.4 Å². The first kappa shape index (κ1) is 26.5. The summed E-state index contributed by atoms with van der Waals surface area (Å²) in [6.07, 6.45) is 6.94. The van der Waals surface area contributed by atoms with Crippen molar-refractivity contribution >= 4 is 44.2 Å². The van der Waals surface area contributed by atoms with E-state index < -0.39 is 38.1 Å². The van der Waals surface area contributed by atoms with Gasteiger partial charge in [-0.3, -0.25) is 14.6 Å². The van der Waals surface area contributed by atoms with Gasteiger partial charge in [0, 0.05) is 24.5 Å². The third-order valence-corrected chi connectivity index (χ3v) is 8.99. The predicted molar refractivity (Wildman–Crippen MR) is 151 cm³/mol. The number of allylic oxidation sites excluding steroid dienone is 1. The number of benzene rings is 3. The summed E-state index contributed by atoms with van der Waals surface area (Å²) in [6, 6.07) is 24.4. The number of para-hydroxylation sites is 1. The molecule has 4 aromatic rings. The van der Waals surface area contributed by atoms with E-state index in [-0.39, 0.29) is 0 Å². The van der Waals surface area contributed by atoms with Crippen molar-refractivity contribution < 1.29 is 18.0 Å². The van der Waals surface area contributed by atoms with Gasteiger partial charge in [0.25, 0.3) is 5.91 Å². The number of anilines is 1. The number of carbonyl (C=O) groups is 2. The molecule has 2 unspecified atom stereocenters. The molecule has 0 saturated carbocycles. The van der Waals surface area contributed by atoms with Crippen molar-refractivity contribution in [1.29, 1.82) is 0 Å². The topological polar surface area (TPSA) is 119 Å². The van der Waals surface area contributed by atoms with E-state index in [2.05, 4.69) is 16.9 Å². The zero-order valence-electron chi connectivity index (χ0n) is 20.5. The predicted octanol–water partition coefficient (Wildman–Crippen LogP) is 4.84. The number of hydrogen-bond acceptors (Lipinski definition) is 5. The number of carbonyl (C=O) groups excluding carboxylic acids is 2. The van der Waals surface area contributed by atoms with Gasteiger partial charge < -0.3 is 11.1 Å². The molecule has 4 rings (SSSR count). The normalized spacial score (nSPS) is 14.0. The highest BCUT2D eigenvalue weighted by Crippen LogP contribution is 2.38. The van der Waals surface area contributed by atoms with Crippen LogP contribution in [0.2, 0.25) is 0 Å². The van der Waals surface area contributed by atoms with Crippen LogP contribution in [0, 0.1) is 0 Å². The molecule has 0 aliphatic rings. The minimum atomic E-state index is -4.64. The summed E-state index contributed by atoms with van der Waals surface area (Å²) < 4.78 is 26.1. The zero-order chi connectivity index (χ0) is 27.2. The largest absolute Gasteiger partial charge is 0.368 e.